The van der Waals surface area contributed by atoms with E-state index >= 15 is 0 Å². The maximum Gasteiger partial charge on any atom is 0.210 e. The molecule has 0 unspecified atom stereocenters. The second kappa shape index (κ2) is 4.82. The van der Waals surface area contributed by atoms with Crippen molar-refractivity contribution in [3.05, 3.63) is 40.7 Å². The van der Waals surface area contributed by atoms with Crippen molar-refractivity contribution in [3.8, 4) is 0 Å². The lowest BCUT2D eigenvalue weighted by molar-refractivity contribution is 0.790. The van der Waals surface area contributed by atoms with Crippen molar-refractivity contribution >= 4 is 23.4 Å². The van der Waals surface area contributed by atoms with Crippen LogP contribution < -0.4 is 5.84 Å². The first-order chi connectivity index (χ1) is 8.74. The van der Waals surface area contributed by atoms with E-state index in [9.17, 15) is 0 Å². The number of hydrogen-bond donors (Lipinski definition) is 1. The van der Waals surface area contributed by atoms with Crippen LogP contribution in [0.5, 0.6) is 0 Å². The van der Waals surface area contributed by atoms with Gasteiger partial charge < -0.3 is 5.84 Å². The number of nitrogen functional groups attached to an aromatic ring is 1. The molecule has 94 valence electrons. The van der Waals surface area contributed by atoms with Crippen molar-refractivity contribution in [2.45, 2.75) is 29.7 Å². The summed E-state index contributed by atoms with van der Waals surface area (Å²) in [5.74, 6) is 8.23. The zero-order valence-electron chi connectivity index (χ0n) is 9.71. The van der Waals surface area contributed by atoms with Crippen molar-refractivity contribution in [2.24, 2.45) is 0 Å². The quantitative estimate of drug-likeness (QED) is 0.691. The van der Waals surface area contributed by atoms with Crippen LogP contribution in [0.4, 0.5) is 0 Å². The van der Waals surface area contributed by atoms with Gasteiger partial charge >= 0.3 is 0 Å². The summed E-state index contributed by atoms with van der Waals surface area (Å²) < 4.78 is 1.62. The minimum absolute atomic E-state index is 0.521. The molecule has 1 aromatic carbocycles. The SMILES string of the molecule is Nn1c(SCc2ccc(Cl)cc2)nnc1C1CC1. The Labute approximate surface area is 115 Å². The number of rotatable bonds is 4. The number of aromatic nitrogens is 3. The molecule has 6 heteroatoms. The number of halogens is 1. The minimum Gasteiger partial charge on any atom is -0.336 e. The third-order valence-corrected chi connectivity index (χ3v) is 4.18. The van der Waals surface area contributed by atoms with Crippen LogP contribution in [0.2, 0.25) is 5.02 Å². The van der Waals surface area contributed by atoms with Gasteiger partial charge in [-0.1, -0.05) is 35.5 Å². The largest absolute Gasteiger partial charge is 0.336 e. The van der Waals surface area contributed by atoms with E-state index in [0.717, 1.165) is 21.8 Å². The highest BCUT2D eigenvalue weighted by atomic mass is 35.5. The third kappa shape index (κ3) is 2.47. The Morgan fingerprint density at radius 1 is 1.28 bits per heavy atom. The van der Waals surface area contributed by atoms with Gasteiger partial charge in [0.25, 0.3) is 0 Å². The van der Waals surface area contributed by atoms with Gasteiger partial charge in [0.1, 0.15) is 0 Å². The van der Waals surface area contributed by atoms with E-state index in [0.29, 0.717) is 5.92 Å². The highest BCUT2D eigenvalue weighted by molar-refractivity contribution is 7.98. The van der Waals surface area contributed by atoms with E-state index in [4.69, 9.17) is 17.4 Å². The van der Waals surface area contributed by atoms with E-state index in [2.05, 4.69) is 10.2 Å². The fraction of sp³-hybridized carbons (Fsp3) is 0.333. The van der Waals surface area contributed by atoms with Gasteiger partial charge in [-0.05, 0) is 30.5 Å². The molecule has 0 amide bonds. The predicted octanol–water partition coefficient (Wildman–Crippen LogP) is 2.82. The van der Waals surface area contributed by atoms with Gasteiger partial charge in [0.05, 0.1) is 0 Å². The maximum absolute atomic E-state index is 5.98. The molecule has 2 aromatic rings. The summed E-state index contributed by atoms with van der Waals surface area (Å²) in [5, 5.41) is 9.81. The molecule has 0 atom stereocenters. The topological polar surface area (TPSA) is 56.7 Å². The average molecular weight is 281 g/mol. The average Bonchev–Trinajstić information content (AvgIpc) is 3.14. The summed E-state index contributed by atoms with van der Waals surface area (Å²) in [6.45, 7) is 0. The number of thioether (sulfide) groups is 1. The number of benzene rings is 1. The van der Waals surface area contributed by atoms with Gasteiger partial charge in [0.2, 0.25) is 5.16 Å². The number of nitrogens with two attached hydrogens (primary N) is 1. The first-order valence-corrected chi connectivity index (χ1v) is 7.18. The van der Waals surface area contributed by atoms with Gasteiger partial charge in [0, 0.05) is 16.7 Å². The molecular weight excluding hydrogens is 268 g/mol. The van der Waals surface area contributed by atoms with E-state index in [1.54, 1.807) is 16.4 Å². The molecule has 4 nitrogen and oxygen atoms in total. The summed E-state index contributed by atoms with van der Waals surface area (Å²) in [6.07, 6.45) is 2.36. The van der Waals surface area contributed by atoms with Crippen LogP contribution in [-0.4, -0.2) is 14.9 Å². The molecule has 1 aliphatic rings. The standard InChI is InChI=1S/C12H13ClN4S/c13-10-5-1-8(2-6-10)7-18-12-16-15-11(17(12)14)9-3-4-9/h1-2,5-6,9H,3-4,7,14H2. The zero-order valence-corrected chi connectivity index (χ0v) is 11.3. The first kappa shape index (κ1) is 11.9. The molecule has 3 rings (SSSR count). The monoisotopic (exact) mass is 280 g/mol. The van der Waals surface area contributed by atoms with Crippen molar-refractivity contribution in [1.29, 1.82) is 0 Å². The molecule has 1 aliphatic carbocycles. The summed E-state index contributed by atoms with van der Waals surface area (Å²) in [6, 6.07) is 7.79. The van der Waals surface area contributed by atoms with Crippen molar-refractivity contribution in [2.75, 3.05) is 5.84 Å². The van der Waals surface area contributed by atoms with Crippen molar-refractivity contribution < 1.29 is 0 Å². The van der Waals surface area contributed by atoms with Gasteiger partial charge in [-0.15, -0.1) is 10.2 Å². The van der Waals surface area contributed by atoms with Crippen LogP contribution in [0, 0.1) is 0 Å². The lowest BCUT2D eigenvalue weighted by atomic mass is 10.2. The second-order valence-corrected chi connectivity index (χ2v) is 5.78. The van der Waals surface area contributed by atoms with Crippen LogP contribution in [0.1, 0.15) is 30.1 Å². The highest BCUT2D eigenvalue weighted by Crippen LogP contribution is 2.39. The Balaban J connectivity index is 1.67. The second-order valence-electron chi connectivity index (χ2n) is 4.40. The van der Waals surface area contributed by atoms with Gasteiger partial charge in [-0.3, -0.25) is 0 Å². The molecule has 2 N–H and O–H groups in total. The van der Waals surface area contributed by atoms with Crippen molar-refractivity contribution in [1.82, 2.24) is 14.9 Å². The Hall–Kier alpha value is -1.20. The lowest BCUT2D eigenvalue weighted by Gasteiger charge is -2.03. The number of hydrogen-bond acceptors (Lipinski definition) is 4. The van der Waals surface area contributed by atoms with Crippen LogP contribution in [-0.2, 0) is 5.75 Å². The fourth-order valence-electron chi connectivity index (χ4n) is 1.74. The van der Waals surface area contributed by atoms with Gasteiger partial charge in [-0.2, -0.15) is 0 Å². The Morgan fingerprint density at radius 2 is 2.00 bits per heavy atom. The molecule has 0 radical (unpaired) electrons. The summed E-state index contributed by atoms with van der Waals surface area (Å²) in [7, 11) is 0. The predicted molar refractivity (Wildman–Crippen MR) is 73.2 cm³/mol. The molecule has 0 bridgehead atoms. The van der Waals surface area contributed by atoms with Gasteiger partial charge in [0.15, 0.2) is 5.82 Å². The van der Waals surface area contributed by atoms with Crippen molar-refractivity contribution in [3.63, 3.8) is 0 Å². The van der Waals surface area contributed by atoms with E-state index in [-0.39, 0.29) is 0 Å². The van der Waals surface area contributed by atoms with Gasteiger partial charge in [-0.25, -0.2) is 4.68 Å². The summed E-state index contributed by atoms with van der Waals surface area (Å²) in [5.41, 5.74) is 1.19. The van der Waals surface area contributed by atoms with Crippen LogP contribution in [0.25, 0.3) is 0 Å². The molecule has 0 saturated heterocycles. The highest BCUT2D eigenvalue weighted by Gasteiger charge is 2.29. The molecule has 0 spiro atoms. The molecule has 1 aromatic heterocycles. The molecular formula is C12H13ClN4S. The Morgan fingerprint density at radius 3 is 2.67 bits per heavy atom. The zero-order chi connectivity index (χ0) is 12.5. The van der Waals surface area contributed by atoms with E-state index < -0.39 is 0 Å². The Bertz CT molecular complexity index is 548. The molecule has 18 heavy (non-hydrogen) atoms. The minimum atomic E-state index is 0.521. The summed E-state index contributed by atoms with van der Waals surface area (Å²) >= 11 is 7.44. The lowest BCUT2D eigenvalue weighted by Crippen LogP contribution is -2.13. The van der Waals surface area contributed by atoms with Crippen LogP contribution in [0.3, 0.4) is 0 Å². The fourth-order valence-corrected chi connectivity index (χ4v) is 2.68. The molecule has 1 fully saturated rings. The maximum atomic E-state index is 5.98. The molecule has 1 saturated carbocycles. The summed E-state index contributed by atoms with van der Waals surface area (Å²) in [4.78, 5) is 0. The first-order valence-electron chi connectivity index (χ1n) is 5.81. The molecule has 1 heterocycles. The Kier molecular flexibility index (Phi) is 3.18. The third-order valence-electron chi connectivity index (χ3n) is 2.91. The smallest absolute Gasteiger partial charge is 0.210 e. The normalized spacial score (nSPS) is 14.9. The van der Waals surface area contributed by atoms with E-state index in [1.807, 2.05) is 24.3 Å². The van der Waals surface area contributed by atoms with Crippen LogP contribution >= 0.6 is 23.4 Å². The van der Waals surface area contributed by atoms with E-state index in [1.165, 1.54) is 18.4 Å². The molecule has 0 aliphatic heterocycles. The number of nitrogens with zero attached hydrogens (tertiary/aromatic N) is 3. The van der Waals surface area contributed by atoms with Crippen LogP contribution in [0.15, 0.2) is 29.4 Å².